The first-order valence-corrected chi connectivity index (χ1v) is 6.71. The highest BCUT2D eigenvalue weighted by atomic mass is 35.5. The highest BCUT2D eigenvalue weighted by molar-refractivity contribution is 5.85. The SMILES string of the molecule is CCOc1ccccc1N1CCN(C(=O)CN)CC1.Cl. The van der Waals surface area contributed by atoms with Crippen molar-refractivity contribution in [2.24, 2.45) is 5.73 Å². The maximum absolute atomic E-state index is 11.5. The van der Waals surface area contributed by atoms with Crippen LogP contribution in [0.25, 0.3) is 0 Å². The molecule has 0 aliphatic carbocycles. The second kappa shape index (κ2) is 7.97. The Balaban J connectivity index is 0.00000200. The molecule has 6 heteroatoms. The summed E-state index contributed by atoms with van der Waals surface area (Å²) in [6.45, 7) is 5.80. The third-order valence-corrected chi connectivity index (χ3v) is 3.31. The molecular weight excluding hydrogens is 278 g/mol. The molecule has 1 aromatic carbocycles. The van der Waals surface area contributed by atoms with Crippen molar-refractivity contribution in [3.63, 3.8) is 0 Å². The van der Waals surface area contributed by atoms with Crippen LogP contribution in [0.1, 0.15) is 6.92 Å². The van der Waals surface area contributed by atoms with Gasteiger partial charge in [-0.1, -0.05) is 12.1 Å². The first-order chi connectivity index (χ1) is 9.26. The minimum absolute atomic E-state index is 0. The molecule has 0 bridgehead atoms. The van der Waals surface area contributed by atoms with Gasteiger partial charge in [-0.25, -0.2) is 0 Å². The summed E-state index contributed by atoms with van der Waals surface area (Å²) < 4.78 is 5.64. The number of benzene rings is 1. The van der Waals surface area contributed by atoms with Gasteiger partial charge in [0, 0.05) is 26.2 Å². The minimum atomic E-state index is 0. The maximum Gasteiger partial charge on any atom is 0.236 e. The van der Waals surface area contributed by atoms with Crippen molar-refractivity contribution in [2.45, 2.75) is 6.92 Å². The predicted octanol–water partition coefficient (Wildman–Crippen LogP) is 1.11. The van der Waals surface area contributed by atoms with Gasteiger partial charge < -0.3 is 20.3 Å². The van der Waals surface area contributed by atoms with Crippen molar-refractivity contribution in [3.05, 3.63) is 24.3 Å². The molecule has 1 heterocycles. The normalized spacial score (nSPS) is 14.7. The molecule has 112 valence electrons. The molecule has 5 nitrogen and oxygen atoms in total. The number of rotatable bonds is 4. The van der Waals surface area contributed by atoms with E-state index in [-0.39, 0.29) is 24.9 Å². The lowest BCUT2D eigenvalue weighted by Crippen LogP contribution is -2.50. The molecule has 0 aromatic heterocycles. The Morgan fingerprint density at radius 3 is 2.50 bits per heavy atom. The lowest BCUT2D eigenvalue weighted by molar-refractivity contribution is -0.129. The molecule has 2 rings (SSSR count). The Bertz CT molecular complexity index is 434. The van der Waals surface area contributed by atoms with E-state index in [0.29, 0.717) is 6.61 Å². The van der Waals surface area contributed by atoms with E-state index in [4.69, 9.17) is 10.5 Å². The van der Waals surface area contributed by atoms with Crippen LogP contribution in [0.2, 0.25) is 0 Å². The third kappa shape index (κ3) is 3.77. The van der Waals surface area contributed by atoms with E-state index in [1.54, 1.807) is 0 Å². The van der Waals surface area contributed by atoms with E-state index >= 15 is 0 Å². The lowest BCUT2D eigenvalue weighted by atomic mass is 10.2. The Hall–Kier alpha value is -1.46. The second-order valence-corrected chi connectivity index (χ2v) is 4.47. The number of nitrogens with two attached hydrogens (primary N) is 1. The summed E-state index contributed by atoms with van der Waals surface area (Å²) in [5.74, 6) is 0.932. The molecule has 1 aliphatic heterocycles. The zero-order chi connectivity index (χ0) is 13.7. The molecule has 1 fully saturated rings. The van der Waals surface area contributed by atoms with E-state index in [0.717, 1.165) is 37.6 Å². The summed E-state index contributed by atoms with van der Waals surface area (Å²) in [6.07, 6.45) is 0. The summed E-state index contributed by atoms with van der Waals surface area (Å²) >= 11 is 0. The van der Waals surface area contributed by atoms with Gasteiger partial charge >= 0.3 is 0 Å². The van der Waals surface area contributed by atoms with Gasteiger partial charge in [-0.05, 0) is 19.1 Å². The molecule has 0 unspecified atom stereocenters. The first-order valence-electron chi connectivity index (χ1n) is 6.71. The summed E-state index contributed by atoms with van der Waals surface area (Å²) in [5.41, 5.74) is 6.49. The fourth-order valence-corrected chi connectivity index (χ4v) is 2.32. The van der Waals surface area contributed by atoms with Crippen LogP contribution in [0.5, 0.6) is 5.75 Å². The van der Waals surface area contributed by atoms with Crippen LogP contribution in [0.3, 0.4) is 0 Å². The standard InChI is InChI=1S/C14H21N3O2.ClH/c1-2-19-13-6-4-3-5-12(13)16-7-9-17(10-8-16)14(18)11-15;/h3-6H,2,7-11,15H2,1H3;1H. The Kier molecular flexibility index (Phi) is 6.61. The summed E-state index contributed by atoms with van der Waals surface area (Å²) in [6, 6.07) is 8.03. The van der Waals surface area contributed by atoms with Crippen molar-refractivity contribution >= 4 is 24.0 Å². The summed E-state index contributed by atoms with van der Waals surface area (Å²) in [7, 11) is 0. The van der Waals surface area contributed by atoms with Crippen LogP contribution in [0.15, 0.2) is 24.3 Å². The van der Waals surface area contributed by atoms with Crippen molar-refractivity contribution in [1.29, 1.82) is 0 Å². The van der Waals surface area contributed by atoms with Gasteiger partial charge in [-0.2, -0.15) is 0 Å². The maximum atomic E-state index is 11.5. The van der Waals surface area contributed by atoms with Crippen molar-refractivity contribution < 1.29 is 9.53 Å². The van der Waals surface area contributed by atoms with Crippen LogP contribution in [0, 0.1) is 0 Å². The topological polar surface area (TPSA) is 58.8 Å². The molecule has 2 N–H and O–H groups in total. The average molecular weight is 300 g/mol. The molecule has 20 heavy (non-hydrogen) atoms. The van der Waals surface area contributed by atoms with Gasteiger partial charge in [-0.3, -0.25) is 4.79 Å². The molecular formula is C14H22ClN3O2. The van der Waals surface area contributed by atoms with Gasteiger partial charge in [-0.15, -0.1) is 12.4 Å². The van der Waals surface area contributed by atoms with E-state index in [1.165, 1.54) is 0 Å². The number of nitrogens with zero attached hydrogens (tertiary/aromatic N) is 2. The average Bonchev–Trinajstić information content (AvgIpc) is 2.47. The Labute approximate surface area is 126 Å². The number of hydrogen-bond donors (Lipinski definition) is 1. The number of hydrogen-bond acceptors (Lipinski definition) is 4. The summed E-state index contributed by atoms with van der Waals surface area (Å²) in [5, 5.41) is 0. The predicted molar refractivity (Wildman–Crippen MR) is 82.7 cm³/mol. The monoisotopic (exact) mass is 299 g/mol. The molecule has 0 radical (unpaired) electrons. The number of piperazine rings is 1. The Morgan fingerprint density at radius 2 is 1.90 bits per heavy atom. The van der Waals surface area contributed by atoms with E-state index in [9.17, 15) is 4.79 Å². The highest BCUT2D eigenvalue weighted by Gasteiger charge is 2.21. The minimum Gasteiger partial charge on any atom is -0.492 e. The van der Waals surface area contributed by atoms with Crippen LogP contribution in [-0.4, -0.2) is 50.1 Å². The molecule has 1 aliphatic rings. The fourth-order valence-electron chi connectivity index (χ4n) is 2.32. The van der Waals surface area contributed by atoms with Crippen LogP contribution < -0.4 is 15.4 Å². The van der Waals surface area contributed by atoms with Gasteiger partial charge in [0.25, 0.3) is 0 Å². The number of carbonyl (C=O) groups is 1. The molecule has 0 atom stereocenters. The van der Waals surface area contributed by atoms with E-state index in [2.05, 4.69) is 11.0 Å². The van der Waals surface area contributed by atoms with Gasteiger partial charge in [0.2, 0.25) is 5.91 Å². The van der Waals surface area contributed by atoms with Crippen LogP contribution >= 0.6 is 12.4 Å². The molecule has 1 saturated heterocycles. The van der Waals surface area contributed by atoms with E-state index < -0.39 is 0 Å². The number of para-hydroxylation sites is 2. The number of ether oxygens (including phenoxy) is 1. The first kappa shape index (κ1) is 16.6. The third-order valence-electron chi connectivity index (χ3n) is 3.31. The van der Waals surface area contributed by atoms with Gasteiger partial charge in [0.05, 0.1) is 18.8 Å². The zero-order valence-corrected chi connectivity index (χ0v) is 12.6. The smallest absolute Gasteiger partial charge is 0.236 e. The molecule has 1 aromatic rings. The van der Waals surface area contributed by atoms with Crippen molar-refractivity contribution in [3.8, 4) is 5.75 Å². The van der Waals surface area contributed by atoms with Gasteiger partial charge in [0.1, 0.15) is 5.75 Å². The summed E-state index contributed by atoms with van der Waals surface area (Å²) in [4.78, 5) is 15.6. The van der Waals surface area contributed by atoms with Gasteiger partial charge in [0.15, 0.2) is 0 Å². The number of halogens is 1. The number of anilines is 1. The zero-order valence-electron chi connectivity index (χ0n) is 11.7. The van der Waals surface area contributed by atoms with Crippen molar-refractivity contribution in [2.75, 3.05) is 44.2 Å². The van der Waals surface area contributed by atoms with Crippen LogP contribution in [0.4, 0.5) is 5.69 Å². The fraction of sp³-hybridized carbons (Fsp3) is 0.500. The number of amides is 1. The quantitative estimate of drug-likeness (QED) is 0.905. The molecule has 1 amide bonds. The Morgan fingerprint density at radius 1 is 1.25 bits per heavy atom. The van der Waals surface area contributed by atoms with Crippen molar-refractivity contribution in [1.82, 2.24) is 4.90 Å². The number of carbonyl (C=O) groups excluding carboxylic acids is 1. The van der Waals surface area contributed by atoms with E-state index in [1.807, 2.05) is 30.0 Å². The van der Waals surface area contributed by atoms with Crippen LogP contribution in [-0.2, 0) is 4.79 Å². The second-order valence-electron chi connectivity index (χ2n) is 4.47. The highest BCUT2D eigenvalue weighted by Crippen LogP contribution is 2.28. The lowest BCUT2D eigenvalue weighted by Gasteiger charge is -2.36. The largest absolute Gasteiger partial charge is 0.492 e. The molecule has 0 spiro atoms. The molecule has 0 saturated carbocycles.